The molecule has 1 aromatic carbocycles. The molecule has 2 rings (SSSR count). The van der Waals surface area contributed by atoms with Crippen LogP contribution < -0.4 is 0 Å². The van der Waals surface area contributed by atoms with Crippen molar-refractivity contribution >= 4 is 23.1 Å². The molecule has 70 valence electrons. The van der Waals surface area contributed by atoms with Crippen molar-refractivity contribution in [2.45, 2.75) is 6.92 Å². The number of benzene rings is 1. The van der Waals surface area contributed by atoms with Crippen molar-refractivity contribution in [3.8, 4) is 0 Å². The number of fused-ring (bicyclic) bond motifs is 1. The molecule has 0 aliphatic rings. The smallest absolute Gasteiger partial charge is 0.135 e. The highest BCUT2D eigenvalue weighted by Crippen LogP contribution is 2.28. The van der Waals surface area contributed by atoms with Crippen LogP contribution in [0.2, 0.25) is 0 Å². The van der Waals surface area contributed by atoms with Crippen molar-refractivity contribution in [3.05, 3.63) is 48.2 Å². The van der Waals surface area contributed by atoms with E-state index in [0.717, 1.165) is 22.3 Å². The lowest BCUT2D eigenvalue weighted by Gasteiger charge is -1.91. The summed E-state index contributed by atoms with van der Waals surface area (Å²) in [7, 11) is 0. The summed E-state index contributed by atoms with van der Waals surface area (Å²) < 4.78 is 5.63. The van der Waals surface area contributed by atoms with Gasteiger partial charge in [-0.25, -0.2) is 0 Å². The van der Waals surface area contributed by atoms with Crippen LogP contribution in [0.5, 0.6) is 0 Å². The first-order valence-corrected chi connectivity index (χ1v) is 4.54. The van der Waals surface area contributed by atoms with Crippen LogP contribution in [0.25, 0.3) is 23.1 Å². The molecule has 0 fully saturated rings. The number of hydrogen-bond donors (Lipinski definition) is 0. The second kappa shape index (κ2) is 3.18. The molecular formula is C13H12O. The summed E-state index contributed by atoms with van der Waals surface area (Å²) >= 11 is 0. The second-order valence-corrected chi connectivity index (χ2v) is 3.29. The van der Waals surface area contributed by atoms with Crippen molar-refractivity contribution in [1.82, 2.24) is 0 Å². The SMILES string of the molecule is C=Cc1oc2cc(C)ccc2c1C=C. The largest absolute Gasteiger partial charge is 0.456 e. The van der Waals surface area contributed by atoms with Crippen LogP contribution in [0.1, 0.15) is 16.9 Å². The third-order valence-corrected chi connectivity index (χ3v) is 2.30. The fourth-order valence-electron chi connectivity index (χ4n) is 1.60. The Hall–Kier alpha value is -1.76. The molecule has 2 aromatic rings. The minimum atomic E-state index is 0.792. The molecule has 1 nitrogen and oxygen atoms in total. The van der Waals surface area contributed by atoms with Gasteiger partial charge >= 0.3 is 0 Å². The van der Waals surface area contributed by atoms with Crippen molar-refractivity contribution in [1.29, 1.82) is 0 Å². The maximum Gasteiger partial charge on any atom is 0.135 e. The fourth-order valence-corrected chi connectivity index (χ4v) is 1.60. The summed E-state index contributed by atoms with van der Waals surface area (Å²) in [4.78, 5) is 0. The van der Waals surface area contributed by atoms with Gasteiger partial charge in [-0.1, -0.05) is 31.4 Å². The number of aryl methyl sites for hydroxylation is 1. The van der Waals surface area contributed by atoms with E-state index < -0.39 is 0 Å². The summed E-state index contributed by atoms with van der Waals surface area (Å²) in [5.74, 6) is 0.792. The van der Waals surface area contributed by atoms with Crippen molar-refractivity contribution in [2.75, 3.05) is 0 Å². The predicted molar refractivity (Wildman–Crippen MR) is 61.1 cm³/mol. The molecule has 0 spiro atoms. The molecule has 0 saturated carbocycles. The quantitative estimate of drug-likeness (QED) is 0.686. The van der Waals surface area contributed by atoms with Gasteiger partial charge in [-0.2, -0.15) is 0 Å². The van der Waals surface area contributed by atoms with Crippen molar-refractivity contribution < 1.29 is 4.42 Å². The third-order valence-electron chi connectivity index (χ3n) is 2.30. The maximum atomic E-state index is 5.63. The molecule has 0 N–H and O–H groups in total. The highest BCUT2D eigenvalue weighted by atomic mass is 16.3. The van der Waals surface area contributed by atoms with E-state index in [1.807, 2.05) is 13.0 Å². The van der Waals surface area contributed by atoms with Gasteiger partial charge in [-0.05, 0) is 24.6 Å². The van der Waals surface area contributed by atoms with Gasteiger partial charge in [0, 0.05) is 10.9 Å². The Labute approximate surface area is 83.4 Å². The van der Waals surface area contributed by atoms with Gasteiger partial charge in [0.15, 0.2) is 0 Å². The first kappa shape index (κ1) is 8.82. The summed E-state index contributed by atoms with van der Waals surface area (Å²) in [5.41, 5.74) is 3.11. The van der Waals surface area contributed by atoms with E-state index in [0.29, 0.717) is 0 Å². The Morgan fingerprint density at radius 3 is 2.64 bits per heavy atom. The van der Waals surface area contributed by atoms with Crippen LogP contribution in [-0.4, -0.2) is 0 Å². The van der Waals surface area contributed by atoms with Crippen LogP contribution in [0.15, 0.2) is 35.8 Å². The fraction of sp³-hybridized carbons (Fsp3) is 0.0769. The Balaban J connectivity index is 2.86. The summed E-state index contributed by atoms with van der Waals surface area (Å²) in [6.45, 7) is 9.54. The van der Waals surface area contributed by atoms with Gasteiger partial charge < -0.3 is 4.42 Å². The highest BCUT2D eigenvalue weighted by molar-refractivity contribution is 5.90. The van der Waals surface area contributed by atoms with Crippen molar-refractivity contribution in [2.24, 2.45) is 0 Å². The van der Waals surface area contributed by atoms with Gasteiger partial charge in [0.1, 0.15) is 11.3 Å². The van der Waals surface area contributed by atoms with Gasteiger partial charge in [-0.3, -0.25) is 0 Å². The lowest BCUT2D eigenvalue weighted by Crippen LogP contribution is -1.72. The average Bonchev–Trinajstić information content (AvgIpc) is 2.54. The summed E-state index contributed by atoms with van der Waals surface area (Å²) in [6, 6.07) is 6.14. The van der Waals surface area contributed by atoms with E-state index in [1.54, 1.807) is 12.2 Å². The predicted octanol–water partition coefficient (Wildman–Crippen LogP) is 4.03. The lowest BCUT2D eigenvalue weighted by atomic mass is 10.1. The number of furan rings is 1. The monoisotopic (exact) mass is 184 g/mol. The Morgan fingerprint density at radius 2 is 2.00 bits per heavy atom. The van der Waals surface area contributed by atoms with Gasteiger partial charge in [0.25, 0.3) is 0 Å². The van der Waals surface area contributed by atoms with Crippen LogP contribution in [0.4, 0.5) is 0 Å². The standard InChI is InChI=1S/C13H12O/c1-4-10-11-7-6-9(3)8-13(11)14-12(10)5-2/h4-8H,1-2H2,3H3. The second-order valence-electron chi connectivity index (χ2n) is 3.29. The van der Waals surface area contributed by atoms with Gasteiger partial charge in [-0.15, -0.1) is 0 Å². The van der Waals surface area contributed by atoms with Gasteiger partial charge in [0.2, 0.25) is 0 Å². The zero-order valence-corrected chi connectivity index (χ0v) is 8.21. The Bertz CT molecular complexity index is 503. The van der Waals surface area contributed by atoms with Gasteiger partial charge in [0.05, 0.1) is 0 Å². The topological polar surface area (TPSA) is 13.1 Å². The normalized spacial score (nSPS) is 10.4. The van der Waals surface area contributed by atoms with E-state index in [4.69, 9.17) is 4.42 Å². The van der Waals surface area contributed by atoms with E-state index in [2.05, 4.69) is 25.3 Å². The molecule has 0 aliphatic heterocycles. The van der Waals surface area contributed by atoms with Crippen molar-refractivity contribution in [3.63, 3.8) is 0 Å². The molecule has 0 unspecified atom stereocenters. The molecule has 0 bridgehead atoms. The highest BCUT2D eigenvalue weighted by Gasteiger charge is 2.08. The zero-order valence-electron chi connectivity index (χ0n) is 8.21. The average molecular weight is 184 g/mol. The van der Waals surface area contributed by atoms with Crippen LogP contribution in [0.3, 0.4) is 0 Å². The molecule has 1 aromatic heterocycles. The molecular weight excluding hydrogens is 172 g/mol. The molecule has 1 heterocycles. The van der Waals surface area contributed by atoms with Crippen LogP contribution >= 0.6 is 0 Å². The molecule has 1 heteroatoms. The minimum Gasteiger partial charge on any atom is -0.456 e. The number of hydrogen-bond acceptors (Lipinski definition) is 1. The minimum absolute atomic E-state index is 0.792. The van der Waals surface area contributed by atoms with E-state index >= 15 is 0 Å². The first-order chi connectivity index (χ1) is 6.76. The number of rotatable bonds is 2. The Morgan fingerprint density at radius 1 is 1.21 bits per heavy atom. The molecule has 0 aliphatic carbocycles. The molecule has 0 amide bonds. The lowest BCUT2D eigenvalue weighted by molar-refractivity contribution is 0.603. The molecule has 14 heavy (non-hydrogen) atoms. The zero-order chi connectivity index (χ0) is 10.1. The molecule has 0 atom stereocenters. The summed E-state index contributed by atoms with van der Waals surface area (Å²) in [6.07, 6.45) is 3.52. The van der Waals surface area contributed by atoms with E-state index in [-0.39, 0.29) is 0 Å². The Kier molecular flexibility index (Phi) is 2.01. The van der Waals surface area contributed by atoms with Crippen LogP contribution in [-0.2, 0) is 0 Å². The molecule has 0 saturated heterocycles. The maximum absolute atomic E-state index is 5.63. The van der Waals surface area contributed by atoms with E-state index in [9.17, 15) is 0 Å². The van der Waals surface area contributed by atoms with Crippen LogP contribution in [0, 0.1) is 6.92 Å². The third kappa shape index (κ3) is 1.18. The summed E-state index contributed by atoms with van der Waals surface area (Å²) in [5, 5.41) is 1.10. The molecule has 0 radical (unpaired) electrons. The van der Waals surface area contributed by atoms with E-state index in [1.165, 1.54) is 5.56 Å². The first-order valence-electron chi connectivity index (χ1n) is 4.54.